The first-order chi connectivity index (χ1) is 17.3. The van der Waals surface area contributed by atoms with Gasteiger partial charge in [-0.1, -0.05) is 58.4 Å². The molecular weight excluding hydrogens is 520 g/mol. The number of carbonyl (C=O) groups is 1. The number of hydrogen-bond donors (Lipinski definition) is 0. The molecule has 4 rings (SSSR count). The Hall–Kier alpha value is -3.13. The van der Waals surface area contributed by atoms with Gasteiger partial charge in [-0.15, -0.1) is 0 Å². The van der Waals surface area contributed by atoms with Crippen LogP contribution in [0.3, 0.4) is 0 Å². The Balaban J connectivity index is 1.55. The molecule has 0 spiro atoms. The van der Waals surface area contributed by atoms with E-state index < -0.39 is 5.60 Å². The van der Waals surface area contributed by atoms with E-state index >= 15 is 0 Å². The van der Waals surface area contributed by atoms with Crippen LogP contribution in [0, 0.1) is 0 Å². The maximum Gasteiger partial charge on any atom is 0.410 e. The summed E-state index contributed by atoms with van der Waals surface area (Å²) in [5.74, 6) is 1.10. The van der Waals surface area contributed by atoms with Gasteiger partial charge in [-0.3, -0.25) is 0 Å². The van der Waals surface area contributed by atoms with Crippen LogP contribution >= 0.6 is 15.9 Å². The predicted molar refractivity (Wildman–Crippen MR) is 144 cm³/mol. The molecule has 0 N–H and O–H groups in total. The van der Waals surface area contributed by atoms with Crippen molar-refractivity contribution in [2.24, 2.45) is 0 Å². The maximum atomic E-state index is 12.8. The van der Waals surface area contributed by atoms with Crippen molar-refractivity contribution in [2.75, 3.05) is 18.0 Å². The maximum absolute atomic E-state index is 12.8. The molecule has 1 saturated heterocycles. The van der Waals surface area contributed by atoms with Crippen LogP contribution in [0.15, 0.2) is 71.3 Å². The first-order valence-corrected chi connectivity index (χ1v) is 13.0. The number of piperidine rings is 1. The summed E-state index contributed by atoms with van der Waals surface area (Å²) in [6.45, 7) is 7.94. The van der Waals surface area contributed by atoms with Crippen LogP contribution in [0.2, 0.25) is 0 Å². The number of ether oxygens (including phenoxy) is 2. The van der Waals surface area contributed by atoms with Crippen molar-refractivity contribution in [2.45, 2.75) is 58.4 Å². The SMILES string of the molecule is CC(C)(C)OC(=O)N1CCC[C@H](N(Cc2ccc(Br)cc2)c2nccc(OCc3ccccc3)n2)C1. The number of amides is 1. The molecule has 36 heavy (non-hydrogen) atoms. The van der Waals surface area contributed by atoms with E-state index in [1.807, 2.05) is 63.2 Å². The number of likely N-dealkylation sites (tertiary alicyclic amines) is 1. The Morgan fingerprint density at radius 2 is 1.83 bits per heavy atom. The van der Waals surface area contributed by atoms with E-state index in [0.717, 1.165) is 28.4 Å². The summed E-state index contributed by atoms with van der Waals surface area (Å²) in [6, 6.07) is 20.1. The van der Waals surface area contributed by atoms with Crippen molar-refractivity contribution in [3.8, 4) is 5.88 Å². The highest BCUT2D eigenvalue weighted by Gasteiger charge is 2.32. The third-order valence-corrected chi connectivity index (χ3v) is 6.39. The molecule has 1 atom stereocenters. The molecule has 3 aromatic rings. The van der Waals surface area contributed by atoms with Gasteiger partial charge in [-0.25, -0.2) is 9.78 Å². The zero-order valence-electron chi connectivity index (χ0n) is 21.1. The summed E-state index contributed by atoms with van der Waals surface area (Å²) in [7, 11) is 0. The van der Waals surface area contributed by atoms with Gasteiger partial charge in [0.1, 0.15) is 12.2 Å². The molecular formula is C28H33BrN4O3. The molecule has 1 amide bonds. The van der Waals surface area contributed by atoms with Gasteiger partial charge in [-0.2, -0.15) is 4.98 Å². The molecule has 1 aliphatic heterocycles. The minimum atomic E-state index is -0.533. The number of benzene rings is 2. The summed E-state index contributed by atoms with van der Waals surface area (Å²) in [5, 5.41) is 0. The summed E-state index contributed by atoms with van der Waals surface area (Å²) < 4.78 is 12.7. The number of carbonyl (C=O) groups excluding carboxylic acids is 1. The van der Waals surface area contributed by atoms with Gasteiger partial charge < -0.3 is 19.3 Å². The van der Waals surface area contributed by atoms with Crippen molar-refractivity contribution in [3.63, 3.8) is 0 Å². The molecule has 1 aliphatic rings. The van der Waals surface area contributed by atoms with E-state index in [0.29, 0.717) is 38.1 Å². The van der Waals surface area contributed by atoms with Gasteiger partial charge in [0.25, 0.3) is 0 Å². The highest BCUT2D eigenvalue weighted by atomic mass is 79.9. The molecule has 0 saturated carbocycles. The van der Waals surface area contributed by atoms with E-state index in [9.17, 15) is 4.79 Å². The van der Waals surface area contributed by atoms with Crippen LogP contribution in [0.4, 0.5) is 10.7 Å². The average Bonchev–Trinajstić information content (AvgIpc) is 2.87. The quantitative estimate of drug-likeness (QED) is 0.346. The number of aromatic nitrogens is 2. The molecule has 0 radical (unpaired) electrons. The first kappa shape index (κ1) is 25.9. The Labute approximate surface area is 221 Å². The van der Waals surface area contributed by atoms with Gasteiger partial charge >= 0.3 is 6.09 Å². The van der Waals surface area contributed by atoms with Crippen LogP contribution < -0.4 is 9.64 Å². The molecule has 7 nitrogen and oxygen atoms in total. The average molecular weight is 554 g/mol. The summed E-state index contributed by atoms with van der Waals surface area (Å²) in [5.41, 5.74) is 1.67. The second-order valence-electron chi connectivity index (χ2n) is 9.95. The molecule has 2 aromatic carbocycles. The van der Waals surface area contributed by atoms with E-state index in [1.54, 1.807) is 17.2 Å². The lowest BCUT2D eigenvalue weighted by molar-refractivity contribution is 0.0197. The molecule has 0 unspecified atom stereocenters. The van der Waals surface area contributed by atoms with Crippen molar-refractivity contribution in [3.05, 3.63) is 82.5 Å². The number of hydrogen-bond acceptors (Lipinski definition) is 6. The normalized spacial score (nSPS) is 15.9. The Morgan fingerprint density at radius 3 is 2.56 bits per heavy atom. The van der Waals surface area contributed by atoms with Gasteiger partial charge in [0.05, 0.1) is 6.04 Å². The van der Waals surface area contributed by atoms with Crippen LogP contribution in [0.1, 0.15) is 44.7 Å². The molecule has 2 heterocycles. The Kier molecular flexibility index (Phi) is 8.46. The second-order valence-corrected chi connectivity index (χ2v) is 10.9. The summed E-state index contributed by atoms with van der Waals surface area (Å²) in [6.07, 6.45) is 3.25. The van der Waals surface area contributed by atoms with Crippen LogP contribution in [-0.4, -0.2) is 45.7 Å². The van der Waals surface area contributed by atoms with Crippen molar-refractivity contribution in [1.29, 1.82) is 0 Å². The smallest absolute Gasteiger partial charge is 0.410 e. The molecule has 190 valence electrons. The topological polar surface area (TPSA) is 67.8 Å². The zero-order valence-corrected chi connectivity index (χ0v) is 22.6. The number of rotatable bonds is 7. The summed E-state index contributed by atoms with van der Waals surface area (Å²) >= 11 is 3.51. The van der Waals surface area contributed by atoms with E-state index in [2.05, 4.69) is 37.9 Å². The third kappa shape index (κ3) is 7.43. The minimum absolute atomic E-state index is 0.0410. The monoisotopic (exact) mass is 552 g/mol. The first-order valence-electron chi connectivity index (χ1n) is 12.3. The fourth-order valence-corrected chi connectivity index (χ4v) is 4.40. The highest BCUT2D eigenvalue weighted by Crippen LogP contribution is 2.26. The van der Waals surface area contributed by atoms with Crippen molar-refractivity contribution in [1.82, 2.24) is 14.9 Å². The number of anilines is 1. The fourth-order valence-electron chi connectivity index (χ4n) is 4.13. The van der Waals surface area contributed by atoms with Crippen LogP contribution in [-0.2, 0) is 17.9 Å². The molecule has 0 bridgehead atoms. The molecule has 0 aliphatic carbocycles. The van der Waals surface area contributed by atoms with Crippen molar-refractivity contribution >= 4 is 28.0 Å². The van der Waals surface area contributed by atoms with E-state index in [4.69, 9.17) is 14.5 Å². The lowest BCUT2D eigenvalue weighted by Gasteiger charge is -2.39. The lowest BCUT2D eigenvalue weighted by atomic mass is 10.0. The Morgan fingerprint density at radius 1 is 1.08 bits per heavy atom. The van der Waals surface area contributed by atoms with Crippen molar-refractivity contribution < 1.29 is 14.3 Å². The number of nitrogens with zero attached hydrogens (tertiary/aromatic N) is 4. The summed E-state index contributed by atoms with van der Waals surface area (Å²) in [4.78, 5) is 26.1. The van der Waals surface area contributed by atoms with Crippen LogP contribution in [0.5, 0.6) is 5.88 Å². The molecule has 1 fully saturated rings. The standard InChI is InChI=1S/C28H33BrN4O3/c1-28(2,3)36-27(34)32-17-7-10-24(19-32)33(18-21-11-13-23(29)14-12-21)26-30-16-15-25(31-26)35-20-22-8-5-4-6-9-22/h4-6,8-9,11-16,24H,7,10,17-20H2,1-3H3/t24-/m0/s1. The minimum Gasteiger partial charge on any atom is -0.473 e. The lowest BCUT2D eigenvalue weighted by Crippen LogP contribution is -2.51. The van der Waals surface area contributed by atoms with Crippen LogP contribution in [0.25, 0.3) is 0 Å². The predicted octanol–water partition coefficient (Wildman–Crippen LogP) is 6.22. The molecule has 1 aromatic heterocycles. The van der Waals surface area contributed by atoms with Gasteiger partial charge in [-0.05, 0) is 56.9 Å². The highest BCUT2D eigenvalue weighted by molar-refractivity contribution is 9.10. The van der Waals surface area contributed by atoms with Gasteiger partial charge in [0, 0.05) is 36.4 Å². The largest absolute Gasteiger partial charge is 0.473 e. The van der Waals surface area contributed by atoms with Gasteiger partial charge in [0.15, 0.2) is 0 Å². The second kappa shape index (κ2) is 11.7. The van der Waals surface area contributed by atoms with E-state index in [-0.39, 0.29) is 12.1 Å². The third-order valence-electron chi connectivity index (χ3n) is 5.86. The molecule has 8 heteroatoms. The van der Waals surface area contributed by atoms with Gasteiger partial charge in [0.2, 0.25) is 11.8 Å². The fraction of sp³-hybridized carbons (Fsp3) is 0.393. The van der Waals surface area contributed by atoms with E-state index in [1.165, 1.54) is 0 Å². The Bertz CT molecular complexity index is 1140. The number of halogens is 1. The zero-order chi connectivity index (χ0) is 25.5.